The molecule has 0 atom stereocenters. The largest absolute Gasteiger partial charge is 0.317 e. The fourth-order valence-electron chi connectivity index (χ4n) is 2.83. The van der Waals surface area contributed by atoms with Crippen LogP contribution in [0.15, 0.2) is 18.2 Å². The van der Waals surface area contributed by atoms with E-state index < -0.39 is 16.7 Å². The first-order valence-electron chi connectivity index (χ1n) is 6.47. The van der Waals surface area contributed by atoms with Gasteiger partial charge >= 0.3 is 0 Å². The summed E-state index contributed by atoms with van der Waals surface area (Å²) in [6.07, 6.45) is 1.36. The molecular formula is C13H13N3O4. The molecule has 0 spiro atoms. The maximum Gasteiger partial charge on any atom is 0.282 e. The first-order valence-corrected chi connectivity index (χ1v) is 6.47. The van der Waals surface area contributed by atoms with Crippen LogP contribution >= 0.6 is 0 Å². The quantitative estimate of drug-likeness (QED) is 0.492. The van der Waals surface area contributed by atoms with Crippen molar-refractivity contribution >= 4 is 17.5 Å². The molecule has 7 nitrogen and oxygen atoms in total. The Balaban J connectivity index is 2.03. The summed E-state index contributed by atoms with van der Waals surface area (Å²) < 4.78 is 0. The summed E-state index contributed by atoms with van der Waals surface area (Å²) in [4.78, 5) is 36.3. The van der Waals surface area contributed by atoms with Crippen LogP contribution in [0.4, 0.5) is 5.69 Å². The van der Waals surface area contributed by atoms with Crippen LogP contribution in [0.3, 0.4) is 0 Å². The molecular weight excluding hydrogens is 262 g/mol. The molecule has 2 amide bonds. The summed E-state index contributed by atoms with van der Waals surface area (Å²) in [7, 11) is 0. The van der Waals surface area contributed by atoms with Gasteiger partial charge in [0.25, 0.3) is 17.5 Å². The second kappa shape index (κ2) is 4.68. The molecule has 1 saturated heterocycles. The Morgan fingerprint density at radius 2 is 1.90 bits per heavy atom. The Morgan fingerprint density at radius 1 is 1.20 bits per heavy atom. The molecule has 1 aromatic carbocycles. The Bertz CT molecular complexity index is 608. The third-order valence-electron chi connectivity index (χ3n) is 3.79. The molecule has 3 rings (SSSR count). The Morgan fingerprint density at radius 3 is 2.55 bits per heavy atom. The monoisotopic (exact) mass is 275 g/mol. The van der Waals surface area contributed by atoms with E-state index in [9.17, 15) is 19.7 Å². The van der Waals surface area contributed by atoms with Gasteiger partial charge in [-0.15, -0.1) is 0 Å². The van der Waals surface area contributed by atoms with Gasteiger partial charge in [-0.1, -0.05) is 6.07 Å². The molecule has 0 saturated carbocycles. The number of nitrogens with one attached hydrogen (secondary N) is 1. The van der Waals surface area contributed by atoms with E-state index in [4.69, 9.17) is 0 Å². The van der Waals surface area contributed by atoms with Gasteiger partial charge < -0.3 is 5.32 Å². The lowest BCUT2D eigenvalue weighted by atomic mass is 10.1. The van der Waals surface area contributed by atoms with E-state index in [1.807, 2.05) is 0 Å². The zero-order chi connectivity index (χ0) is 14.3. The highest BCUT2D eigenvalue weighted by Crippen LogP contribution is 2.33. The molecule has 2 aliphatic rings. The molecule has 2 heterocycles. The number of carbonyl (C=O) groups excluding carboxylic acids is 2. The van der Waals surface area contributed by atoms with Crippen LogP contribution in [0.5, 0.6) is 0 Å². The normalized spacial score (nSPS) is 19.3. The first-order chi connectivity index (χ1) is 9.61. The van der Waals surface area contributed by atoms with E-state index in [2.05, 4.69) is 5.32 Å². The van der Waals surface area contributed by atoms with Crippen molar-refractivity contribution in [3.63, 3.8) is 0 Å². The van der Waals surface area contributed by atoms with Gasteiger partial charge in [0.05, 0.1) is 10.5 Å². The van der Waals surface area contributed by atoms with Crippen molar-refractivity contribution in [1.29, 1.82) is 0 Å². The third-order valence-corrected chi connectivity index (χ3v) is 3.79. The van der Waals surface area contributed by atoms with Crippen LogP contribution in [0, 0.1) is 10.1 Å². The van der Waals surface area contributed by atoms with Gasteiger partial charge in [0, 0.05) is 12.1 Å². The number of fused-ring (bicyclic) bond motifs is 1. The number of carbonyl (C=O) groups is 2. The fraction of sp³-hybridized carbons (Fsp3) is 0.385. The van der Waals surface area contributed by atoms with Crippen LogP contribution in [-0.4, -0.2) is 40.8 Å². The van der Waals surface area contributed by atoms with Gasteiger partial charge in [0.2, 0.25) is 0 Å². The third kappa shape index (κ3) is 1.78. The van der Waals surface area contributed by atoms with E-state index >= 15 is 0 Å². The smallest absolute Gasteiger partial charge is 0.282 e. The first kappa shape index (κ1) is 12.7. The molecule has 1 N–H and O–H groups in total. The maximum atomic E-state index is 12.4. The summed E-state index contributed by atoms with van der Waals surface area (Å²) >= 11 is 0. The Hall–Kier alpha value is -2.28. The van der Waals surface area contributed by atoms with Gasteiger partial charge in [-0.2, -0.15) is 0 Å². The fourth-order valence-corrected chi connectivity index (χ4v) is 2.83. The average molecular weight is 275 g/mol. The summed E-state index contributed by atoms with van der Waals surface area (Å²) in [5.74, 6) is -0.954. The van der Waals surface area contributed by atoms with Gasteiger partial charge in [-0.25, -0.2) is 0 Å². The number of benzene rings is 1. The lowest BCUT2D eigenvalue weighted by molar-refractivity contribution is -0.385. The van der Waals surface area contributed by atoms with Crippen LogP contribution in [0.1, 0.15) is 33.6 Å². The molecule has 7 heteroatoms. The molecule has 0 unspecified atom stereocenters. The molecule has 20 heavy (non-hydrogen) atoms. The minimum Gasteiger partial charge on any atom is -0.317 e. The van der Waals surface area contributed by atoms with Crippen LogP contribution in [-0.2, 0) is 0 Å². The molecule has 0 aromatic heterocycles. The van der Waals surface area contributed by atoms with E-state index in [-0.39, 0.29) is 22.9 Å². The van der Waals surface area contributed by atoms with Gasteiger partial charge in [0.15, 0.2) is 0 Å². The van der Waals surface area contributed by atoms with E-state index in [1.54, 1.807) is 0 Å². The number of rotatable bonds is 2. The summed E-state index contributed by atoms with van der Waals surface area (Å²) in [5, 5.41) is 14.2. The zero-order valence-electron chi connectivity index (χ0n) is 10.7. The number of amides is 2. The van der Waals surface area contributed by atoms with Crippen LogP contribution < -0.4 is 5.32 Å². The number of hydrogen-bond donors (Lipinski definition) is 1. The SMILES string of the molecule is O=C1c2cccc([N+](=O)[O-])c2C(=O)N1C1CCNCC1. The van der Waals surface area contributed by atoms with Gasteiger partial charge in [0.1, 0.15) is 5.56 Å². The van der Waals surface area contributed by atoms with Crippen molar-refractivity contribution in [3.8, 4) is 0 Å². The molecule has 1 fully saturated rings. The van der Waals surface area contributed by atoms with Crippen molar-refractivity contribution in [1.82, 2.24) is 10.2 Å². The minimum atomic E-state index is -0.615. The zero-order valence-corrected chi connectivity index (χ0v) is 10.7. The maximum absolute atomic E-state index is 12.4. The number of nitro benzene ring substituents is 1. The predicted octanol–water partition coefficient (Wildman–Crippen LogP) is 0.943. The second-order valence-electron chi connectivity index (χ2n) is 4.92. The van der Waals surface area contributed by atoms with Crippen LogP contribution in [0.2, 0.25) is 0 Å². The van der Waals surface area contributed by atoms with Crippen LogP contribution in [0.25, 0.3) is 0 Å². The van der Waals surface area contributed by atoms with Crippen molar-refractivity contribution in [3.05, 3.63) is 39.4 Å². The minimum absolute atomic E-state index is 0.0685. The number of imide groups is 1. The van der Waals surface area contributed by atoms with E-state index in [0.717, 1.165) is 13.1 Å². The van der Waals surface area contributed by atoms with E-state index in [1.165, 1.54) is 23.1 Å². The molecule has 1 aromatic rings. The lowest BCUT2D eigenvalue weighted by Crippen LogP contribution is -2.45. The van der Waals surface area contributed by atoms with Crippen molar-refractivity contribution in [2.24, 2.45) is 0 Å². The van der Waals surface area contributed by atoms with E-state index in [0.29, 0.717) is 12.8 Å². The number of hydrogen-bond acceptors (Lipinski definition) is 5. The summed E-state index contributed by atoms with van der Waals surface area (Å²) in [5.41, 5.74) is -0.221. The summed E-state index contributed by atoms with van der Waals surface area (Å²) in [6, 6.07) is 4.00. The predicted molar refractivity (Wildman–Crippen MR) is 69.5 cm³/mol. The van der Waals surface area contributed by atoms with Crippen molar-refractivity contribution < 1.29 is 14.5 Å². The highest BCUT2D eigenvalue weighted by Gasteiger charge is 2.44. The number of nitro groups is 1. The Labute approximate surface area is 114 Å². The molecule has 0 radical (unpaired) electrons. The number of piperidine rings is 1. The molecule has 0 bridgehead atoms. The van der Waals surface area contributed by atoms with Crippen molar-refractivity contribution in [2.45, 2.75) is 18.9 Å². The lowest BCUT2D eigenvalue weighted by Gasteiger charge is -2.29. The highest BCUT2D eigenvalue weighted by molar-refractivity contribution is 6.23. The second-order valence-corrected chi connectivity index (χ2v) is 4.92. The average Bonchev–Trinajstić information content (AvgIpc) is 2.72. The molecule has 2 aliphatic heterocycles. The summed E-state index contributed by atoms with van der Waals surface area (Å²) in [6.45, 7) is 1.47. The topological polar surface area (TPSA) is 92.5 Å². The Kier molecular flexibility index (Phi) is 2.98. The van der Waals surface area contributed by atoms with Crippen molar-refractivity contribution in [2.75, 3.05) is 13.1 Å². The highest BCUT2D eigenvalue weighted by atomic mass is 16.6. The number of nitrogens with zero attached hydrogens (tertiary/aromatic N) is 2. The van der Waals surface area contributed by atoms with Gasteiger partial charge in [-0.3, -0.25) is 24.6 Å². The standard InChI is InChI=1S/C13H13N3O4/c17-12-9-2-1-3-10(16(19)20)11(9)13(18)15(12)8-4-6-14-7-5-8/h1-3,8,14H,4-7H2. The van der Waals surface area contributed by atoms with Gasteiger partial charge in [-0.05, 0) is 32.0 Å². The molecule has 0 aliphatic carbocycles. The molecule has 104 valence electrons.